The largest absolute Gasteiger partial charge is 0.465 e. The maximum atomic E-state index is 11.8. The van der Waals surface area contributed by atoms with Crippen molar-refractivity contribution in [3.63, 3.8) is 0 Å². The lowest BCUT2D eigenvalue weighted by Gasteiger charge is -2.43. The summed E-state index contributed by atoms with van der Waals surface area (Å²) in [4.78, 5) is 11.8. The van der Waals surface area contributed by atoms with Crippen LogP contribution in [0, 0.1) is 0 Å². The van der Waals surface area contributed by atoms with E-state index in [4.69, 9.17) is 9.16 Å². The molecule has 144 valence electrons. The summed E-state index contributed by atoms with van der Waals surface area (Å²) in [6.07, 6.45) is 0. The summed E-state index contributed by atoms with van der Waals surface area (Å²) in [6.45, 7) is 8.93. The third kappa shape index (κ3) is 4.59. The van der Waals surface area contributed by atoms with Gasteiger partial charge in [-0.2, -0.15) is 0 Å². The molecule has 0 bridgehead atoms. The molecular formula is C22H27BrO3Si. The van der Waals surface area contributed by atoms with Crippen molar-refractivity contribution in [3.8, 4) is 0 Å². The highest BCUT2D eigenvalue weighted by atomic mass is 79.9. The van der Waals surface area contributed by atoms with Crippen LogP contribution in [0.25, 0.3) is 0 Å². The number of carbonyl (C=O) groups is 1. The molecule has 0 saturated heterocycles. The zero-order valence-corrected chi connectivity index (χ0v) is 19.2. The van der Waals surface area contributed by atoms with E-state index < -0.39 is 14.3 Å². The van der Waals surface area contributed by atoms with Gasteiger partial charge in [-0.05, 0) is 43.8 Å². The zero-order chi connectivity index (χ0) is 20.1. The SMILES string of the molecule is COC(=O)/C(Br)=C(/C)CO[Si](c1ccccc1)(c1ccccc1)C(C)(C)C. The predicted octanol–water partition coefficient (Wildman–Crippen LogP) is 4.40. The normalized spacial score (nSPS) is 13.1. The fraction of sp³-hybridized carbons (Fsp3) is 0.318. The van der Waals surface area contributed by atoms with E-state index in [0.29, 0.717) is 11.1 Å². The van der Waals surface area contributed by atoms with Crippen LogP contribution in [0.3, 0.4) is 0 Å². The molecule has 0 heterocycles. The minimum Gasteiger partial charge on any atom is -0.465 e. The maximum Gasteiger partial charge on any atom is 0.344 e. The van der Waals surface area contributed by atoms with Gasteiger partial charge in [0.2, 0.25) is 0 Å². The molecule has 0 amide bonds. The zero-order valence-electron chi connectivity index (χ0n) is 16.6. The Balaban J connectivity index is 2.58. The Morgan fingerprint density at radius 1 is 0.963 bits per heavy atom. The van der Waals surface area contributed by atoms with Gasteiger partial charge < -0.3 is 9.16 Å². The summed E-state index contributed by atoms with van der Waals surface area (Å²) in [5.74, 6) is -0.390. The molecule has 0 radical (unpaired) electrons. The molecule has 5 heteroatoms. The van der Waals surface area contributed by atoms with Crippen molar-refractivity contribution in [1.29, 1.82) is 0 Å². The van der Waals surface area contributed by atoms with Gasteiger partial charge in [-0.3, -0.25) is 0 Å². The molecule has 3 nitrogen and oxygen atoms in total. The van der Waals surface area contributed by atoms with Crippen molar-refractivity contribution < 1.29 is 14.0 Å². The fourth-order valence-corrected chi connectivity index (χ4v) is 8.17. The summed E-state index contributed by atoms with van der Waals surface area (Å²) in [5.41, 5.74) is 0.815. The number of ether oxygens (including phenoxy) is 1. The van der Waals surface area contributed by atoms with E-state index in [1.165, 1.54) is 17.5 Å². The van der Waals surface area contributed by atoms with E-state index >= 15 is 0 Å². The Morgan fingerprint density at radius 2 is 1.41 bits per heavy atom. The van der Waals surface area contributed by atoms with Crippen LogP contribution in [-0.4, -0.2) is 28.0 Å². The topological polar surface area (TPSA) is 35.5 Å². The number of benzene rings is 2. The molecule has 0 atom stereocenters. The Bertz CT molecular complexity index is 756. The second-order valence-electron chi connectivity index (χ2n) is 7.54. The highest BCUT2D eigenvalue weighted by Gasteiger charge is 2.50. The van der Waals surface area contributed by atoms with E-state index in [1.54, 1.807) is 0 Å². The molecule has 0 aliphatic heterocycles. The van der Waals surface area contributed by atoms with E-state index in [1.807, 2.05) is 19.1 Å². The summed E-state index contributed by atoms with van der Waals surface area (Å²) >= 11 is 3.34. The Hall–Kier alpha value is -1.69. The van der Waals surface area contributed by atoms with Crippen molar-refractivity contribution >= 4 is 40.6 Å². The van der Waals surface area contributed by atoms with E-state index in [-0.39, 0.29) is 5.04 Å². The summed E-state index contributed by atoms with van der Waals surface area (Å²) < 4.78 is 12.0. The van der Waals surface area contributed by atoms with Crippen molar-refractivity contribution in [1.82, 2.24) is 0 Å². The molecule has 0 saturated carbocycles. The third-order valence-corrected chi connectivity index (χ3v) is 10.6. The molecule has 2 aromatic carbocycles. The van der Waals surface area contributed by atoms with Gasteiger partial charge in [-0.25, -0.2) is 4.79 Å². The molecule has 2 rings (SSSR count). The first-order valence-electron chi connectivity index (χ1n) is 8.92. The monoisotopic (exact) mass is 446 g/mol. The van der Waals surface area contributed by atoms with Crippen LogP contribution < -0.4 is 10.4 Å². The number of carbonyl (C=O) groups excluding carboxylic acids is 1. The van der Waals surface area contributed by atoms with Crippen LogP contribution in [0.2, 0.25) is 5.04 Å². The second kappa shape index (κ2) is 9.00. The van der Waals surface area contributed by atoms with Gasteiger partial charge in [0.15, 0.2) is 0 Å². The average Bonchev–Trinajstić information content (AvgIpc) is 2.67. The lowest BCUT2D eigenvalue weighted by molar-refractivity contribution is -0.135. The number of halogens is 1. The van der Waals surface area contributed by atoms with Crippen LogP contribution >= 0.6 is 15.9 Å². The Kier molecular flexibility index (Phi) is 7.20. The quantitative estimate of drug-likeness (QED) is 0.374. The minimum atomic E-state index is -2.61. The van der Waals surface area contributed by atoms with Crippen LogP contribution in [0.1, 0.15) is 27.7 Å². The molecular weight excluding hydrogens is 420 g/mol. The van der Waals surface area contributed by atoms with Crippen molar-refractivity contribution in [2.24, 2.45) is 0 Å². The summed E-state index contributed by atoms with van der Waals surface area (Å²) in [5, 5.41) is 2.32. The van der Waals surface area contributed by atoms with E-state index in [9.17, 15) is 4.79 Å². The highest BCUT2D eigenvalue weighted by Crippen LogP contribution is 2.37. The van der Waals surface area contributed by atoms with Gasteiger partial charge in [-0.15, -0.1) is 0 Å². The lowest BCUT2D eigenvalue weighted by Crippen LogP contribution is -2.66. The number of methoxy groups -OCH3 is 1. The predicted molar refractivity (Wildman–Crippen MR) is 117 cm³/mol. The summed E-state index contributed by atoms with van der Waals surface area (Å²) in [6, 6.07) is 20.9. The molecule has 0 aromatic heterocycles. The number of esters is 1. The van der Waals surface area contributed by atoms with Crippen molar-refractivity contribution in [2.75, 3.05) is 13.7 Å². The first kappa shape index (κ1) is 21.6. The second-order valence-corrected chi connectivity index (χ2v) is 12.6. The van der Waals surface area contributed by atoms with Crippen molar-refractivity contribution in [3.05, 3.63) is 70.7 Å². The first-order chi connectivity index (χ1) is 12.7. The molecule has 0 spiro atoms. The van der Waals surface area contributed by atoms with Crippen LogP contribution in [0.4, 0.5) is 0 Å². The highest BCUT2D eigenvalue weighted by molar-refractivity contribution is 9.12. The Labute approximate surface area is 171 Å². The van der Waals surface area contributed by atoms with Crippen LogP contribution in [0.5, 0.6) is 0 Å². The third-order valence-electron chi connectivity index (χ3n) is 4.66. The maximum absolute atomic E-state index is 11.8. The standard InChI is InChI=1S/C22H27BrO3Si/c1-17(20(23)21(24)25-5)16-26-27(22(2,3)4,18-12-8-6-9-13-18)19-14-10-7-11-15-19/h6-15H,16H2,1-5H3/b20-17+. The van der Waals surface area contributed by atoms with E-state index in [2.05, 4.69) is 85.2 Å². The minimum absolute atomic E-state index is 0.103. The van der Waals surface area contributed by atoms with Crippen molar-refractivity contribution in [2.45, 2.75) is 32.7 Å². The van der Waals surface area contributed by atoms with Crippen LogP contribution in [-0.2, 0) is 14.0 Å². The molecule has 0 aliphatic rings. The number of hydrogen-bond acceptors (Lipinski definition) is 3. The molecule has 0 aliphatic carbocycles. The van der Waals surface area contributed by atoms with Gasteiger partial charge >= 0.3 is 5.97 Å². The molecule has 0 unspecified atom stereocenters. The lowest BCUT2D eigenvalue weighted by atomic mass is 10.2. The molecule has 27 heavy (non-hydrogen) atoms. The number of rotatable bonds is 6. The van der Waals surface area contributed by atoms with Gasteiger partial charge in [0.25, 0.3) is 8.32 Å². The average molecular weight is 447 g/mol. The summed E-state index contributed by atoms with van der Waals surface area (Å²) in [7, 11) is -1.24. The van der Waals surface area contributed by atoms with Gasteiger partial charge in [-0.1, -0.05) is 81.4 Å². The first-order valence-corrected chi connectivity index (χ1v) is 11.6. The fourth-order valence-electron chi connectivity index (χ4n) is 3.31. The Morgan fingerprint density at radius 3 is 1.78 bits per heavy atom. The van der Waals surface area contributed by atoms with E-state index in [0.717, 1.165) is 5.57 Å². The van der Waals surface area contributed by atoms with Gasteiger partial charge in [0.05, 0.1) is 13.7 Å². The smallest absolute Gasteiger partial charge is 0.344 e. The van der Waals surface area contributed by atoms with Gasteiger partial charge in [0.1, 0.15) is 4.48 Å². The molecule has 0 N–H and O–H groups in total. The molecule has 0 fully saturated rings. The number of hydrogen-bond donors (Lipinski definition) is 0. The van der Waals surface area contributed by atoms with Crippen LogP contribution in [0.15, 0.2) is 70.7 Å². The van der Waals surface area contributed by atoms with Gasteiger partial charge in [0, 0.05) is 0 Å². The molecule has 2 aromatic rings.